The van der Waals surface area contributed by atoms with Crippen LogP contribution in [-0.2, 0) is 0 Å². The summed E-state index contributed by atoms with van der Waals surface area (Å²) >= 11 is 0. The summed E-state index contributed by atoms with van der Waals surface area (Å²) in [6, 6.07) is 7.97. The zero-order valence-corrected chi connectivity index (χ0v) is 14.0. The lowest BCUT2D eigenvalue weighted by atomic mass is 9.77. The van der Waals surface area contributed by atoms with Crippen LogP contribution in [0.5, 0.6) is 0 Å². The predicted molar refractivity (Wildman–Crippen MR) is 90.9 cm³/mol. The van der Waals surface area contributed by atoms with Crippen LogP contribution in [-0.4, -0.2) is 26.4 Å². The number of aromatic carboxylic acids is 1. The van der Waals surface area contributed by atoms with Crippen LogP contribution in [0.3, 0.4) is 0 Å². The number of benzene rings is 1. The standard InChI is InChI=1S/C19H25NO3/c1-12(14-8-10-19(3,23)11-9-14)20-13(2)17(18(21)22)15-6-4-5-7-16(15)20/h4-7,12,14,23H,8-11H2,1-3H3,(H,21,22). The summed E-state index contributed by atoms with van der Waals surface area (Å²) < 4.78 is 2.18. The topological polar surface area (TPSA) is 62.5 Å². The van der Waals surface area contributed by atoms with Crippen molar-refractivity contribution in [2.75, 3.05) is 0 Å². The molecule has 2 N–H and O–H groups in total. The van der Waals surface area contributed by atoms with Crippen molar-refractivity contribution in [2.24, 2.45) is 5.92 Å². The SMILES string of the molecule is Cc1c(C(=O)O)c2ccccc2n1C(C)C1CCC(C)(O)CC1. The highest BCUT2D eigenvalue weighted by Crippen LogP contribution is 2.40. The number of aromatic nitrogens is 1. The maximum Gasteiger partial charge on any atom is 0.338 e. The first-order valence-corrected chi connectivity index (χ1v) is 8.37. The molecule has 4 heteroatoms. The summed E-state index contributed by atoms with van der Waals surface area (Å²) in [7, 11) is 0. The number of hydrogen-bond donors (Lipinski definition) is 2. The number of carboxylic acids is 1. The van der Waals surface area contributed by atoms with Gasteiger partial charge in [-0.3, -0.25) is 0 Å². The highest BCUT2D eigenvalue weighted by molar-refractivity contribution is 6.05. The summed E-state index contributed by atoms with van der Waals surface area (Å²) in [6.07, 6.45) is 3.57. The fraction of sp³-hybridized carbons (Fsp3) is 0.526. The first-order chi connectivity index (χ1) is 10.8. The Labute approximate surface area is 136 Å². The lowest BCUT2D eigenvalue weighted by Gasteiger charge is -2.37. The Hall–Kier alpha value is -1.81. The van der Waals surface area contributed by atoms with Gasteiger partial charge in [0, 0.05) is 22.6 Å². The molecule has 1 aliphatic carbocycles. The first kappa shape index (κ1) is 16.1. The first-order valence-electron chi connectivity index (χ1n) is 8.37. The molecule has 1 aromatic carbocycles. The van der Waals surface area contributed by atoms with Crippen LogP contribution >= 0.6 is 0 Å². The summed E-state index contributed by atoms with van der Waals surface area (Å²) in [4.78, 5) is 11.7. The molecule has 0 bridgehead atoms. The Morgan fingerprint density at radius 1 is 1.30 bits per heavy atom. The molecule has 0 saturated heterocycles. The van der Waals surface area contributed by atoms with Crippen LogP contribution < -0.4 is 0 Å². The molecule has 23 heavy (non-hydrogen) atoms. The van der Waals surface area contributed by atoms with E-state index in [1.54, 1.807) is 0 Å². The zero-order chi connectivity index (χ0) is 16.8. The van der Waals surface area contributed by atoms with Crippen molar-refractivity contribution in [3.8, 4) is 0 Å². The lowest BCUT2D eigenvalue weighted by Crippen LogP contribution is -2.33. The molecule has 1 fully saturated rings. The largest absolute Gasteiger partial charge is 0.478 e. The number of rotatable bonds is 3. The molecule has 0 spiro atoms. The Balaban J connectivity index is 2.03. The fourth-order valence-electron chi connectivity index (χ4n) is 4.14. The van der Waals surface area contributed by atoms with Gasteiger partial charge in [-0.1, -0.05) is 18.2 Å². The van der Waals surface area contributed by atoms with Gasteiger partial charge in [-0.25, -0.2) is 4.79 Å². The maximum atomic E-state index is 11.7. The molecule has 0 amide bonds. The third kappa shape index (κ3) is 2.76. The molecule has 1 heterocycles. The highest BCUT2D eigenvalue weighted by Gasteiger charge is 2.33. The summed E-state index contributed by atoms with van der Waals surface area (Å²) in [5, 5.41) is 20.6. The fourth-order valence-corrected chi connectivity index (χ4v) is 4.14. The van der Waals surface area contributed by atoms with Gasteiger partial charge < -0.3 is 14.8 Å². The van der Waals surface area contributed by atoms with Crippen LogP contribution in [0.25, 0.3) is 10.9 Å². The highest BCUT2D eigenvalue weighted by atomic mass is 16.4. The molecule has 1 saturated carbocycles. The molecule has 2 aromatic rings. The smallest absolute Gasteiger partial charge is 0.338 e. The van der Waals surface area contributed by atoms with E-state index < -0.39 is 11.6 Å². The van der Waals surface area contributed by atoms with Gasteiger partial charge >= 0.3 is 5.97 Å². The quantitative estimate of drug-likeness (QED) is 0.894. The number of aliphatic hydroxyl groups is 1. The molecular weight excluding hydrogens is 290 g/mol. The molecule has 1 aliphatic rings. The number of carboxylic acid groups (broad SMARTS) is 1. The second-order valence-electron chi connectivity index (χ2n) is 7.23. The van der Waals surface area contributed by atoms with E-state index in [0.717, 1.165) is 42.3 Å². The van der Waals surface area contributed by atoms with Gasteiger partial charge in [0.2, 0.25) is 0 Å². The maximum absolute atomic E-state index is 11.7. The van der Waals surface area contributed by atoms with Gasteiger partial charge in [-0.05, 0) is 58.4 Å². The minimum absolute atomic E-state index is 0.226. The molecule has 3 rings (SSSR count). The lowest BCUT2D eigenvalue weighted by molar-refractivity contribution is 0.00153. The number of hydrogen-bond acceptors (Lipinski definition) is 2. The van der Waals surface area contributed by atoms with E-state index in [0.29, 0.717) is 11.5 Å². The number of fused-ring (bicyclic) bond motifs is 1. The van der Waals surface area contributed by atoms with Crippen molar-refractivity contribution in [3.05, 3.63) is 35.5 Å². The van der Waals surface area contributed by atoms with Crippen molar-refractivity contribution in [2.45, 2.75) is 58.1 Å². The molecule has 0 aliphatic heterocycles. The van der Waals surface area contributed by atoms with Gasteiger partial charge in [0.25, 0.3) is 0 Å². The Morgan fingerprint density at radius 2 is 1.91 bits per heavy atom. The van der Waals surface area contributed by atoms with Gasteiger partial charge in [-0.2, -0.15) is 0 Å². The van der Waals surface area contributed by atoms with E-state index in [9.17, 15) is 15.0 Å². The molecule has 0 radical (unpaired) electrons. The Morgan fingerprint density at radius 3 is 2.52 bits per heavy atom. The van der Waals surface area contributed by atoms with Crippen LogP contribution in [0.2, 0.25) is 0 Å². The monoisotopic (exact) mass is 315 g/mol. The van der Waals surface area contributed by atoms with Crippen LogP contribution in [0.15, 0.2) is 24.3 Å². The average molecular weight is 315 g/mol. The molecular formula is C19H25NO3. The van der Waals surface area contributed by atoms with Crippen LogP contribution in [0, 0.1) is 12.8 Å². The van der Waals surface area contributed by atoms with Gasteiger partial charge in [0.05, 0.1) is 11.2 Å². The van der Waals surface area contributed by atoms with Crippen molar-refractivity contribution < 1.29 is 15.0 Å². The van der Waals surface area contributed by atoms with E-state index in [1.807, 2.05) is 38.1 Å². The minimum Gasteiger partial charge on any atom is -0.478 e. The molecule has 4 nitrogen and oxygen atoms in total. The molecule has 1 unspecified atom stereocenters. The number of carbonyl (C=O) groups is 1. The number of nitrogens with zero attached hydrogens (tertiary/aromatic N) is 1. The van der Waals surface area contributed by atoms with E-state index in [4.69, 9.17) is 0 Å². The van der Waals surface area contributed by atoms with Gasteiger partial charge in [0.1, 0.15) is 0 Å². The van der Waals surface area contributed by atoms with Gasteiger partial charge in [-0.15, -0.1) is 0 Å². The summed E-state index contributed by atoms with van der Waals surface area (Å²) in [6.45, 7) is 5.99. The van der Waals surface area contributed by atoms with Crippen molar-refractivity contribution in [1.29, 1.82) is 0 Å². The van der Waals surface area contributed by atoms with E-state index in [-0.39, 0.29) is 6.04 Å². The molecule has 1 aromatic heterocycles. The molecule has 124 valence electrons. The Bertz CT molecular complexity index is 734. The van der Waals surface area contributed by atoms with Gasteiger partial charge in [0.15, 0.2) is 0 Å². The molecule has 1 atom stereocenters. The second kappa shape index (κ2) is 5.68. The average Bonchev–Trinajstić information content (AvgIpc) is 2.78. The van der Waals surface area contributed by atoms with Crippen LogP contribution in [0.1, 0.15) is 61.6 Å². The van der Waals surface area contributed by atoms with Crippen molar-refractivity contribution in [1.82, 2.24) is 4.57 Å². The summed E-state index contributed by atoms with van der Waals surface area (Å²) in [5.74, 6) is -0.400. The van der Waals surface area contributed by atoms with Crippen molar-refractivity contribution in [3.63, 3.8) is 0 Å². The number of para-hydroxylation sites is 1. The van der Waals surface area contributed by atoms with Crippen LogP contribution in [0.4, 0.5) is 0 Å². The van der Waals surface area contributed by atoms with Crippen molar-refractivity contribution >= 4 is 16.9 Å². The third-order valence-corrected chi connectivity index (χ3v) is 5.57. The minimum atomic E-state index is -0.865. The van der Waals surface area contributed by atoms with E-state index >= 15 is 0 Å². The third-order valence-electron chi connectivity index (χ3n) is 5.57. The second-order valence-corrected chi connectivity index (χ2v) is 7.23. The summed E-state index contributed by atoms with van der Waals surface area (Å²) in [5.41, 5.74) is 1.68. The Kier molecular flexibility index (Phi) is 3.96. The van der Waals surface area contributed by atoms with E-state index in [1.165, 1.54) is 0 Å². The zero-order valence-electron chi connectivity index (χ0n) is 14.0. The normalized spacial score (nSPS) is 26.3. The van der Waals surface area contributed by atoms with E-state index in [2.05, 4.69) is 11.5 Å². The predicted octanol–water partition coefficient (Wildman–Crippen LogP) is 4.15.